The van der Waals surface area contributed by atoms with Gasteiger partial charge in [0.25, 0.3) is 0 Å². The monoisotopic (exact) mass is 258 g/mol. The zero-order chi connectivity index (χ0) is 13.7. The Morgan fingerprint density at radius 2 is 2.05 bits per heavy atom. The number of likely N-dealkylation sites (N-methyl/N-ethyl adjacent to an activating group) is 1. The molecule has 1 aliphatic carbocycles. The number of ether oxygens (including phenoxy) is 1. The second-order valence-corrected chi connectivity index (χ2v) is 5.56. The van der Waals surface area contributed by atoms with Gasteiger partial charge in [-0.15, -0.1) is 0 Å². The van der Waals surface area contributed by atoms with Crippen LogP contribution in [0.25, 0.3) is 0 Å². The molecule has 2 atom stereocenters. The van der Waals surface area contributed by atoms with Crippen molar-refractivity contribution in [3.63, 3.8) is 0 Å². The SMILES string of the molecule is CC1CC1CN(C)CCOc1ccc(CC#N)cc1. The summed E-state index contributed by atoms with van der Waals surface area (Å²) in [7, 11) is 2.16. The zero-order valence-electron chi connectivity index (χ0n) is 11.8. The second kappa shape index (κ2) is 6.58. The lowest BCUT2D eigenvalue weighted by Crippen LogP contribution is -2.26. The molecule has 1 saturated carbocycles. The number of hydrogen-bond donors (Lipinski definition) is 0. The molecular formula is C16H22N2O. The maximum atomic E-state index is 8.60. The van der Waals surface area contributed by atoms with E-state index in [4.69, 9.17) is 10.00 Å². The third kappa shape index (κ3) is 4.57. The second-order valence-electron chi connectivity index (χ2n) is 5.56. The molecule has 2 rings (SSSR count). The van der Waals surface area contributed by atoms with Gasteiger partial charge in [0.1, 0.15) is 12.4 Å². The normalized spacial score (nSPS) is 21.2. The minimum atomic E-state index is 0.461. The Morgan fingerprint density at radius 3 is 2.63 bits per heavy atom. The zero-order valence-corrected chi connectivity index (χ0v) is 11.8. The highest BCUT2D eigenvalue weighted by molar-refractivity contribution is 5.28. The lowest BCUT2D eigenvalue weighted by atomic mass is 10.2. The van der Waals surface area contributed by atoms with Crippen LogP contribution in [0.2, 0.25) is 0 Å². The van der Waals surface area contributed by atoms with Gasteiger partial charge in [-0.3, -0.25) is 0 Å². The van der Waals surface area contributed by atoms with Gasteiger partial charge in [-0.25, -0.2) is 0 Å². The van der Waals surface area contributed by atoms with Crippen LogP contribution >= 0.6 is 0 Å². The molecule has 0 N–H and O–H groups in total. The Balaban J connectivity index is 1.66. The molecule has 1 aromatic rings. The van der Waals surface area contributed by atoms with Crippen molar-refractivity contribution in [1.82, 2.24) is 4.90 Å². The highest BCUT2D eigenvalue weighted by Crippen LogP contribution is 2.37. The van der Waals surface area contributed by atoms with E-state index in [2.05, 4.69) is 24.9 Å². The molecule has 19 heavy (non-hydrogen) atoms. The number of nitriles is 1. The van der Waals surface area contributed by atoms with Crippen LogP contribution in [0, 0.1) is 23.2 Å². The Bertz CT molecular complexity index is 435. The van der Waals surface area contributed by atoms with Crippen molar-refractivity contribution >= 4 is 0 Å². The summed E-state index contributed by atoms with van der Waals surface area (Å²) in [6.45, 7) is 5.18. The van der Waals surface area contributed by atoms with E-state index in [9.17, 15) is 0 Å². The van der Waals surface area contributed by atoms with E-state index in [1.54, 1.807) is 0 Å². The van der Waals surface area contributed by atoms with Gasteiger partial charge in [0, 0.05) is 13.1 Å². The fourth-order valence-corrected chi connectivity index (χ4v) is 2.26. The summed E-state index contributed by atoms with van der Waals surface area (Å²) >= 11 is 0. The molecule has 0 spiro atoms. The summed E-state index contributed by atoms with van der Waals surface area (Å²) in [6.07, 6.45) is 1.84. The van der Waals surface area contributed by atoms with Gasteiger partial charge in [0.05, 0.1) is 12.5 Å². The van der Waals surface area contributed by atoms with E-state index < -0.39 is 0 Å². The molecule has 1 aliphatic rings. The van der Waals surface area contributed by atoms with Gasteiger partial charge in [-0.1, -0.05) is 19.1 Å². The van der Waals surface area contributed by atoms with Crippen molar-refractivity contribution in [3.8, 4) is 11.8 Å². The predicted octanol–water partition coefficient (Wildman–Crippen LogP) is 2.72. The third-order valence-electron chi connectivity index (χ3n) is 3.77. The number of rotatable bonds is 7. The van der Waals surface area contributed by atoms with Crippen LogP contribution in [0.3, 0.4) is 0 Å². The molecule has 3 nitrogen and oxygen atoms in total. The van der Waals surface area contributed by atoms with E-state index in [1.165, 1.54) is 13.0 Å². The first-order chi connectivity index (χ1) is 9.19. The van der Waals surface area contributed by atoms with Crippen molar-refractivity contribution in [2.24, 2.45) is 11.8 Å². The maximum absolute atomic E-state index is 8.60. The molecule has 102 valence electrons. The van der Waals surface area contributed by atoms with Crippen molar-refractivity contribution in [2.45, 2.75) is 19.8 Å². The van der Waals surface area contributed by atoms with Crippen molar-refractivity contribution in [2.75, 3.05) is 26.7 Å². The molecule has 0 saturated heterocycles. The van der Waals surface area contributed by atoms with E-state index in [0.717, 1.165) is 36.3 Å². The number of benzene rings is 1. The first kappa shape index (κ1) is 13.9. The van der Waals surface area contributed by atoms with E-state index >= 15 is 0 Å². The molecule has 1 fully saturated rings. The van der Waals surface area contributed by atoms with Crippen LogP contribution in [0.15, 0.2) is 24.3 Å². The van der Waals surface area contributed by atoms with Crippen LogP contribution in [-0.2, 0) is 6.42 Å². The van der Waals surface area contributed by atoms with E-state index in [-0.39, 0.29) is 0 Å². The standard InChI is InChI=1S/C16H22N2O/c1-13-11-15(13)12-18(2)9-10-19-16-5-3-14(4-6-16)7-8-17/h3-6,13,15H,7,9-12H2,1-2H3. The largest absolute Gasteiger partial charge is 0.492 e. The first-order valence-corrected chi connectivity index (χ1v) is 6.96. The van der Waals surface area contributed by atoms with Gasteiger partial charge >= 0.3 is 0 Å². The van der Waals surface area contributed by atoms with Crippen molar-refractivity contribution < 1.29 is 4.74 Å². The fourth-order valence-electron chi connectivity index (χ4n) is 2.26. The quantitative estimate of drug-likeness (QED) is 0.754. The van der Waals surface area contributed by atoms with Gasteiger partial charge in [0.2, 0.25) is 0 Å². The molecule has 0 aliphatic heterocycles. The maximum Gasteiger partial charge on any atom is 0.119 e. The van der Waals surface area contributed by atoms with Crippen molar-refractivity contribution in [3.05, 3.63) is 29.8 Å². The highest BCUT2D eigenvalue weighted by Gasteiger charge is 2.32. The van der Waals surface area contributed by atoms with Gasteiger partial charge in [0.15, 0.2) is 0 Å². The van der Waals surface area contributed by atoms with E-state index in [0.29, 0.717) is 6.42 Å². The summed E-state index contributed by atoms with van der Waals surface area (Å²) in [5.41, 5.74) is 1.04. The fraction of sp³-hybridized carbons (Fsp3) is 0.562. The van der Waals surface area contributed by atoms with Gasteiger partial charge in [-0.05, 0) is 43.0 Å². The summed E-state index contributed by atoms with van der Waals surface area (Å²) in [6, 6.07) is 9.93. The van der Waals surface area contributed by atoms with Crippen LogP contribution in [-0.4, -0.2) is 31.6 Å². The lowest BCUT2D eigenvalue weighted by Gasteiger charge is -2.16. The minimum absolute atomic E-state index is 0.461. The molecule has 0 heterocycles. The first-order valence-electron chi connectivity index (χ1n) is 6.96. The number of hydrogen-bond acceptors (Lipinski definition) is 3. The molecule has 1 aromatic carbocycles. The average Bonchev–Trinajstić information content (AvgIpc) is 3.07. The Labute approximate surface area is 115 Å². The summed E-state index contributed by atoms with van der Waals surface area (Å²) in [5.74, 6) is 2.70. The Hall–Kier alpha value is -1.53. The van der Waals surface area contributed by atoms with Crippen LogP contribution in [0.4, 0.5) is 0 Å². The molecule has 2 unspecified atom stereocenters. The van der Waals surface area contributed by atoms with Crippen LogP contribution in [0.5, 0.6) is 5.75 Å². The van der Waals surface area contributed by atoms with Gasteiger partial charge in [-0.2, -0.15) is 5.26 Å². The third-order valence-corrected chi connectivity index (χ3v) is 3.77. The van der Waals surface area contributed by atoms with Crippen LogP contribution < -0.4 is 4.74 Å². The number of nitrogens with zero attached hydrogens (tertiary/aromatic N) is 2. The summed E-state index contributed by atoms with van der Waals surface area (Å²) in [4.78, 5) is 2.35. The summed E-state index contributed by atoms with van der Waals surface area (Å²) in [5, 5.41) is 8.60. The molecule has 0 amide bonds. The highest BCUT2D eigenvalue weighted by atomic mass is 16.5. The molecule has 0 aromatic heterocycles. The topological polar surface area (TPSA) is 36.3 Å². The average molecular weight is 258 g/mol. The Morgan fingerprint density at radius 1 is 1.37 bits per heavy atom. The molecular weight excluding hydrogens is 236 g/mol. The summed E-state index contributed by atoms with van der Waals surface area (Å²) < 4.78 is 5.71. The van der Waals surface area contributed by atoms with Crippen molar-refractivity contribution in [1.29, 1.82) is 5.26 Å². The molecule has 3 heteroatoms. The molecule has 0 bridgehead atoms. The van der Waals surface area contributed by atoms with E-state index in [1.807, 2.05) is 24.3 Å². The van der Waals surface area contributed by atoms with Gasteiger partial charge < -0.3 is 9.64 Å². The Kier molecular flexibility index (Phi) is 4.81. The van der Waals surface area contributed by atoms with Crippen LogP contribution in [0.1, 0.15) is 18.9 Å². The minimum Gasteiger partial charge on any atom is -0.492 e. The lowest BCUT2D eigenvalue weighted by molar-refractivity contribution is 0.230. The molecule has 0 radical (unpaired) electrons. The predicted molar refractivity (Wildman–Crippen MR) is 76.0 cm³/mol. The smallest absolute Gasteiger partial charge is 0.119 e.